The van der Waals surface area contributed by atoms with Crippen molar-refractivity contribution in [2.75, 3.05) is 13.1 Å². The molecule has 1 aliphatic rings. The monoisotopic (exact) mass is 278 g/mol. The Labute approximate surface area is 103 Å². The summed E-state index contributed by atoms with van der Waals surface area (Å²) in [7, 11) is 0. The van der Waals surface area contributed by atoms with Gasteiger partial charge in [-0.3, -0.25) is 4.79 Å². The van der Waals surface area contributed by atoms with Crippen LogP contribution in [0.2, 0.25) is 0 Å². The number of hydrogen-bond donors (Lipinski definition) is 2. The van der Waals surface area contributed by atoms with Crippen LogP contribution in [0.15, 0.2) is 0 Å². The molecule has 1 saturated heterocycles. The lowest BCUT2D eigenvalue weighted by molar-refractivity contribution is -0.171. The van der Waals surface area contributed by atoms with Crippen LogP contribution in [0.1, 0.15) is 19.8 Å². The maximum atomic E-state index is 12.7. The first-order valence-corrected chi connectivity index (χ1v) is 4.97. The van der Waals surface area contributed by atoms with Crippen LogP contribution in [0.4, 0.5) is 17.6 Å². The Morgan fingerprint density at radius 1 is 1.35 bits per heavy atom. The molecule has 0 bridgehead atoms. The van der Waals surface area contributed by atoms with Crippen molar-refractivity contribution in [1.29, 1.82) is 0 Å². The van der Waals surface area contributed by atoms with Crippen LogP contribution in [-0.2, 0) is 4.79 Å². The molecule has 0 aromatic heterocycles. The molecule has 0 aliphatic carbocycles. The van der Waals surface area contributed by atoms with Crippen molar-refractivity contribution in [1.82, 2.24) is 10.6 Å². The Balaban J connectivity index is 0.00000256. The number of alkyl halides is 4. The second-order valence-corrected chi connectivity index (χ2v) is 4.19. The van der Waals surface area contributed by atoms with Gasteiger partial charge in [0.2, 0.25) is 0 Å². The number of amides is 1. The van der Waals surface area contributed by atoms with Crippen LogP contribution in [0, 0.1) is 0 Å². The number of halogens is 5. The molecule has 0 radical (unpaired) electrons. The number of carbonyl (C=O) groups excluding carboxylic acids is 1. The smallest absolute Gasteiger partial charge is 0.345 e. The summed E-state index contributed by atoms with van der Waals surface area (Å²) in [6.07, 6.45) is -3.09. The molecule has 1 aliphatic heterocycles. The minimum absolute atomic E-state index is 0. The number of carbonyl (C=O) groups is 1. The zero-order chi connectivity index (χ0) is 12.4. The van der Waals surface area contributed by atoms with E-state index in [2.05, 4.69) is 5.32 Å². The largest absolute Gasteiger partial charge is 0.383 e. The van der Waals surface area contributed by atoms with Crippen molar-refractivity contribution in [2.45, 2.75) is 37.7 Å². The van der Waals surface area contributed by atoms with Gasteiger partial charge in [0, 0.05) is 5.54 Å². The van der Waals surface area contributed by atoms with Crippen LogP contribution >= 0.6 is 12.4 Å². The third kappa shape index (κ3) is 3.99. The van der Waals surface area contributed by atoms with Crippen LogP contribution in [0.5, 0.6) is 0 Å². The molecule has 17 heavy (non-hydrogen) atoms. The highest BCUT2D eigenvalue weighted by molar-refractivity contribution is 5.85. The number of nitrogens with one attached hydrogen (secondary N) is 2. The van der Waals surface area contributed by atoms with E-state index < -0.39 is 23.8 Å². The quantitative estimate of drug-likeness (QED) is 0.770. The molecular weight excluding hydrogens is 264 g/mol. The summed E-state index contributed by atoms with van der Waals surface area (Å²) in [5.41, 5.74) is -0.833. The van der Waals surface area contributed by atoms with E-state index >= 15 is 0 Å². The van der Waals surface area contributed by atoms with Crippen molar-refractivity contribution in [3.05, 3.63) is 0 Å². The van der Waals surface area contributed by atoms with E-state index in [-0.39, 0.29) is 12.4 Å². The fraction of sp³-hybridized carbons (Fsp3) is 0.889. The highest BCUT2D eigenvalue weighted by Crippen LogP contribution is 2.25. The molecule has 1 amide bonds. The van der Waals surface area contributed by atoms with E-state index in [0.29, 0.717) is 25.9 Å². The number of hydrogen-bond acceptors (Lipinski definition) is 2. The van der Waals surface area contributed by atoms with Gasteiger partial charge in [0.05, 0.1) is 0 Å². The second-order valence-electron chi connectivity index (χ2n) is 4.19. The number of piperidine rings is 1. The molecule has 0 unspecified atom stereocenters. The Morgan fingerprint density at radius 3 is 2.24 bits per heavy atom. The minimum atomic E-state index is -4.62. The van der Waals surface area contributed by atoms with Gasteiger partial charge < -0.3 is 10.6 Å². The molecule has 1 rings (SSSR count). The normalized spacial score (nSPS) is 19.6. The summed E-state index contributed by atoms with van der Waals surface area (Å²) >= 11 is 0. The topological polar surface area (TPSA) is 41.1 Å². The van der Waals surface area contributed by atoms with Gasteiger partial charge in [-0.2, -0.15) is 8.78 Å². The van der Waals surface area contributed by atoms with E-state index in [0.717, 1.165) is 0 Å². The molecule has 0 atom stereocenters. The highest BCUT2D eigenvalue weighted by atomic mass is 35.5. The third-order valence-corrected chi connectivity index (χ3v) is 2.70. The van der Waals surface area contributed by atoms with E-state index in [1.54, 1.807) is 6.92 Å². The van der Waals surface area contributed by atoms with E-state index in [4.69, 9.17) is 0 Å². The van der Waals surface area contributed by atoms with E-state index in [9.17, 15) is 22.4 Å². The summed E-state index contributed by atoms with van der Waals surface area (Å²) < 4.78 is 49.2. The van der Waals surface area contributed by atoms with Gasteiger partial charge in [-0.25, -0.2) is 8.78 Å². The first-order valence-electron chi connectivity index (χ1n) is 4.97. The second kappa shape index (κ2) is 5.86. The zero-order valence-electron chi connectivity index (χ0n) is 9.23. The average Bonchev–Trinajstić information content (AvgIpc) is 2.17. The highest BCUT2D eigenvalue weighted by Gasteiger charge is 2.50. The fourth-order valence-corrected chi connectivity index (χ4v) is 1.56. The lowest BCUT2D eigenvalue weighted by atomic mass is 9.90. The first kappa shape index (κ1) is 16.4. The Kier molecular flexibility index (Phi) is 5.67. The predicted molar refractivity (Wildman–Crippen MR) is 56.9 cm³/mol. The summed E-state index contributed by atoms with van der Waals surface area (Å²) in [5.74, 6) is -6.51. The van der Waals surface area contributed by atoms with Gasteiger partial charge in [-0.15, -0.1) is 12.4 Å². The molecular formula is C9H15ClF4N2O. The van der Waals surface area contributed by atoms with Gasteiger partial charge in [0.15, 0.2) is 0 Å². The fourth-order valence-electron chi connectivity index (χ4n) is 1.56. The molecule has 1 heterocycles. The van der Waals surface area contributed by atoms with Gasteiger partial charge in [-0.1, -0.05) is 0 Å². The molecule has 102 valence electrons. The van der Waals surface area contributed by atoms with Crippen molar-refractivity contribution >= 4 is 18.3 Å². The summed E-state index contributed by atoms with van der Waals surface area (Å²) in [4.78, 5) is 11.0. The standard InChI is InChI=1S/C9H14F4N2O.ClH/c1-8(2-4-14-5-3-8)15-7(16)9(12,13)6(10)11;/h6,14H,2-5H2,1H3,(H,15,16);1H. The van der Waals surface area contributed by atoms with Gasteiger partial charge in [0.1, 0.15) is 0 Å². The molecule has 1 fully saturated rings. The first-order chi connectivity index (χ1) is 7.28. The molecule has 0 aromatic rings. The molecule has 2 N–H and O–H groups in total. The van der Waals surface area contributed by atoms with Gasteiger partial charge >= 0.3 is 12.3 Å². The van der Waals surface area contributed by atoms with Crippen molar-refractivity contribution in [2.24, 2.45) is 0 Å². The third-order valence-electron chi connectivity index (χ3n) is 2.70. The molecule has 0 spiro atoms. The molecule has 8 heteroatoms. The van der Waals surface area contributed by atoms with Gasteiger partial charge in [-0.05, 0) is 32.9 Å². The Morgan fingerprint density at radius 2 is 1.82 bits per heavy atom. The lowest BCUT2D eigenvalue weighted by Gasteiger charge is -2.35. The van der Waals surface area contributed by atoms with Crippen LogP contribution < -0.4 is 10.6 Å². The molecule has 0 saturated carbocycles. The summed E-state index contributed by atoms with van der Waals surface area (Å²) in [6, 6.07) is 0. The zero-order valence-corrected chi connectivity index (χ0v) is 10.1. The maximum Gasteiger partial charge on any atom is 0.383 e. The van der Waals surface area contributed by atoms with E-state index in [1.165, 1.54) is 0 Å². The Hall–Kier alpha value is -0.560. The minimum Gasteiger partial charge on any atom is -0.345 e. The number of rotatable bonds is 3. The SMILES string of the molecule is CC1(NC(=O)C(F)(F)C(F)F)CCNCC1.Cl. The maximum absolute atomic E-state index is 12.7. The van der Waals surface area contributed by atoms with Crippen LogP contribution in [-0.4, -0.2) is 36.9 Å². The van der Waals surface area contributed by atoms with Crippen LogP contribution in [0.25, 0.3) is 0 Å². The van der Waals surface area contributed by atoms with Crippen molar-refractivity contribution in [3.63, 3.8) is 0 Å². The molecule has 3 nitrogen and oxygen atoms in total. The average molecular weight is 279 g/mol. The molecule has 0 aromatic carbocycles. The lowest BCUT2D eigenvalue weighted by Crippen LogP contribution is -2.57. The predicted octanol–water partition coefficient (Wildman–Crippen LogP) is 1.57. The Bertz CT molecular complexity index is 270. The summed E-state index contributed by atoms with van der Waals surface area (Å²) in [6.45, 7) is 2.71. The summed E-state index contributed by atoms with van der Waals surface area (Å²) in [5, 5.41) is 5.00. The van der Waals surface area contributed by atoms with Crippen molar-refractivity contribution < 1.29 is 22.4 Å². The van der Waals surface area contributed by atoms with E-state index in [1.807, 2.05) is 5.32 Å². The van der Waals surface area contributed by atoms with Crippen LogP contribution in [0.3, 0.4) is 0 Å². The van der Waals surface area contributed by atoms with Gasteiger partial charge in [0.25, 0.3) is 5.91 Å². The van der Waals surface area contributed by atoms with Crippen molar-refractivity contribution in [3.8, 4) is 0 Å².